The van der Waals surface area contributed by atoms with Crippen LogP contribution in [0.5, 0.6) is 0 Å². The summed E-state index contributed by atoms with van der Waals surface area (Å²) in [5.74, 6) is -1.47. The lowest BCUT2D eigenvalue weighted by molar-refractivity contribution is 0.0180. The third kappa shape index (κ3) is 2.53. The number of aliphatic hydroxyl groups excluding tert-OH is 3. The minimum Gasteiger partial charge on any atom is -0.394 e. The van der Waals surface area contributed by atoms with E-state index < -0.39 is 26.0 Å². The van der Waals surface area contributed by atoms with Gasteiger partial charge in [-0.25, -0.2) is 9.34 Å². The Kier molecular flexibility index (Phi) is 5.22. The third-order valence-corrected chi connectivity index (χ3v) is 5.35. The van der Waals surface area contributed by atoms with Crippen molar-refractivity contribution in [1.82, 2.24) is 9.34 Å². The van der Waals surface area contributed by atoms with Gasteiger partial charge in [0.25, 0.3) is 0 Å². The Morgan fingerprint density at radius 2 is 1.50 bits per heavy atom. The molecule has 0 aromatic heterocycles. The molecule has 0 amide bonds. The molecule has 0 spiro atoms. The maximum Gasteiger partial charge on any atom is 0.245 e. The average molecular weight is 226 g/mol. The van der Waals surface area contributed by atoms with Crippen molar-refractivity contribution in [2.45, 2.75) is 11.9 Å². The van der Waals surface area contributed by atoms with Crippen molar-refractivity contribution >= 4 is 7.44 Å². The predicted octanol–water partition coefficient (Wildman–Crippen LogP) is -1.03. The van der Waals surface area contributed by atoms with E-state index in [1.165, 1.54) is 9.34 Å². The standard InChI is InChI=1S/C7H19N2O4P/c1-8(2)14(13,9(3)4)7(12)6(11)5-10/h6-7,10-12H,5H2,1-4H3/t6-,7?/m1/s1. The van der Waals surface area contributed by atoms with E-state index in [2.05, 4.69) is 0 Å². The first-order chi connectivity index (χ1) is 6.28. The van der Waals surface area contributed by atoms with Gasteiger partial charge in [0.1, 0.15) is 6.10 Å². The Labute approximate surface area is 84.2 Å². The van der Waals surface area contributed by atoms with E-state index in [1.807, 2.05) is 0 Å². The topological polar surface area (TPSA) is 84.2 Å². The summed E-state index contributed by atoms with van der Waals surface area (Å²) in [7, 11) is 2.98. The first-order valence-electron chi connectivity index (χ1n) is 4.20. The monoisotopic (exact) mass is 226 g/mol. The summed E-state index contributed by atoms with van der Waals surface area (Å²) in [6.45, 7) is -0.618. The molecule has 0 saturated carbocycles. The molecular formula is C7H19N2O4P. The van der Waals surface area contributed by atoms with Crippen LogP contribution in [0.2, 0.25) is 0 Å². The van der Waals surface area contributed by atoms with Gasteiger partial charge in [-0.2, -0.15) is 0 Å². The van der Waals surface area contributed by atoms with Crippen LogP contribution in [-0.2, 0) is 4.57 Å². The molecule has 7 heteroatoms. The molecule has 3 N–H and O–H groups in total. The third-order valence-electron chi connectivity index (χ3n) is 2.02. The van der Waals surface area contributed by atoms with Gasteiger partial charge in [-0.15, -0.1) is 0 Å². The summed E-state index contributed by atoms with van der Waals surface area (Å²) in [4.78, 5) is 0. The fraction of sp³-hybridized carbons (Fsp3) is 1.00. The van der Waals surface area contributed by atoms with Gasteiger partial charge >= 0.3 is 0 Å². The molecule has 0 fully saturated rings. The van der Waals surface area contributed by atoms with E-state index in [9.17, 15) is 14.8 Å². The number of aliphatic hydroxyl groups is 3. The molecule has 0 aliphatic heterocycles. The molecule has 0 aliphatic carbocycles. The largest absolute Gasteiger partial charge is 0.394 e. The van der Waals surface area contributed by atoms with E-state index in [1.54, 1.807) is 28.2 Å². The van der Waals surface area contributed by atoms with E-state index in [0.717, 1.165) is 0 Å². The summed E-state index contributed by atoms with van der Waals surface area (Å²) < 4.78 is 15.0. The second-order valence-electron chi connectivity index (χ2n) is 3.45. The zero-order chi connectivity index (χ0) is 11.5. The Morgan fingerprint density at radius 1 is 1.14 bits per heavy atom. The SMILES string of the molecule is CN(C)P(=O)(C(O)[C@H](O)CO)N(C)C. The maximum atomic E-state index is 12.2. The van der Waals surface area contributed by atoms with Crippen LogP contribution in [0, 0.1) is 0 Å². The van der Waals surface area contributed by atoms with Gasteiger partial charge in [-0.1, -0.05) is 0 Å². The lowest BCUT2D eigenvalue weighted by Gasteiger charge is -2.35. The first-order valence-corrected chi connectivity index (χ1v) is 5.89. The van der Waals surface area contributed by atoms with Gasteiger partial charge in [0, 0.05) is 0 Å². The average Bonchev–Trinajstić information content (AvgIpc) is 2.13. The Bertz CT molecular complexity index is 210. The van der Waals surface area contributed by atoms with E-state index in [4.69, 9.17) is 5.11 Å². The van der Waals surface area contributed by atoms with Crippen molar-refractivity contribution in [3.8, 4) is 0 Å². The second-order valence-corrected chi connectivity index (χ2v) is 6.75. The summed E-state index contributed by atoms with van der Waals surface area (Å²) in [5.41, 5.74) is 0. The molecule has 0 saturated heterocycles. The molecular weight excluding hydrogens is 207 g/mol. The Balaban J connectivity index is 4.93. The van der Waals surface area contributed by atoms with Gasteiger partial charge in [-0.3, -0.25) is 4.57 Å². The molecule has 14 heavy (non-hydrogen) atoms. The molecule has 0 heterocycles. The summed E-state index contributed by atoms with van der Waals surface area (Å²) in [5, 5.41) is 27.5. The highest BCUT2D eigenvalue weighted by molar-refractivity contribution is 7.59. The highest BCUT2D eigenvalue weighted by atomic mass is 31.2. The molecule has 0 rings (SSSR count). The Hall–Kier alpha value is 0.0300. The fourth-order valence-corrected chi connectivity index (χ4v) is 3.35. The molecule has 1 unspecified atom stereocenters. The van der Waals surface area contributed by atoms with Crippen molar-refractivity contribution < 1.29 is 19.9 Å². The van der Waals surface area contributed by atoms with Crippen LogP contribution in [0.3, 0.4) is 0 Å². The molecule has 6 nitrogen and oxygen atoms in total. The van der Waals surface area contributed by atoms with Crippen LogP contribution in [-0.4, -0.2) is 71.4 Å². The van der Waals surface area contributed by atoms with Crippen molar-refractivity contribution in [2.75, 3.05) is 34.8 Å². The highest BCUT2D eigenvalue weighted by Gasteiger charge is 2.40. The second kappa shape index (κ2) is 5.21. The maximum absolute atomic E-state index is 12.2. The molecule has 0 aliphatic rings. The number of rotatable bonds is 5. The molecule has 0 radical (unpaired) electrons. The summed E-state index contributed by atoms with van der Waals surface area (Å²) >= 11 is 0. The molecule has 2 atom stereocenters. The van der Waals surface area contributed by atoms with Crippen LogP contribution in [0.1, 0.15) is 0 Å². The number of hydrogen-bond donors (Lipinski definition) is 3. The summed E-state index contributed by atoms with van der Waals surface area (Å²) in [6, 6.07) is 0. The molecule has 0 bridgehead atoms. The van der Waals surface area contributed by atoms with Crippen LogP contribution in [0.4, 0.5) is 0 Å². The van der Waals surface area contributed by atoms with Crippen LogP contribution < -0.4 is 0 Å². The van der Waals surface area contributed by atoms with Gasteiger partial charge in [0.05, 0.1) is 6.61 Å². The lowest BCUT2D eigenvalue weighted by atomic mass is 10.4. The highest BCUT2D eigenvalue weighted by Crippen LogP contribution is 2.53. The van der Waals surface area contributed by atoms with Crippen molar-refractivity contribution in [2.24, 2.45) is 0 Å². The van der Waals surface area contributed by atoms with Gasteiger partial charge in [-0.05, 0) is 28.2 Å². The minimum atomic E-state index is -3.21. The first kappa shape index (κ1) is 14.0. The number of nitrogens with zero attached hydrogens (tertiary/aromatic N) is 2. The van der Waals surface area contributed by atoms with Crippen molar-refractivity contribution in [1.29, 1.82) is 0 Å². The molecule has 0 aromatic rings. The Morgan fingerprint density at radius 3 is 1.71 bits per heavy atom. The van der Waals surface area contributed by atoms with Crippen molar-refractivity contribution in [3.63, 3.8) is 0 Å². The smallest absolute Gasteiger partial charge is 0.245 e. The zero-order valence-electron chi connectivity index (χ0n) is 8.95. The lowest BCUT2D eigenvalue weighted by Crippen LogP contribution is -2.38. The van der Waals surface area contributed by atoms with Gasteiger partial charge < -0.3 is 15.3 Å². The number of hydrogen-bond acceptors (Lipinski definition) is 4. The predicted molar refractivity (Wildman–Crippen MR) is 54.1 cm³/mol. The van der Waals surface area contributed by atoms with Crippen LogP contribution in [0.25, 0.3) is 0 Å². The minimum absolute atomic E-state index is 0.618. The van der Waals surface area contributed by atoms with Gasteiger partial charge in [0.2, 0.25) is 7.44 Å². The van der Waals surface area contributed by atoms with Crippen molar-refractivity contribution in [3.05, 3.63) is 0 Å². The van der Waals surface area contributed by atoms with Crippen LogP contribution in [0.15, 0.2) is 0 Å². The normalized spacial score (nSPS) is 17.5. The van der Waals surface area contributed by atoms with E-state index >= 15 is 0 Å². The molecule has 86 valence electrons. The molecule has 0 aromatic carbocycles. The van der Waals surface area contributed by atoms with E-state index in [-0.39, 0.29) is 0 Å². The quantitative estimate of drug-likeness (QED) is 0.520. The zero-order valence-corrected chi connectivity index (χ0v) is 9.85. The van der Waals surface area contributed by atoms with Gasteiger partial charge in [0.15, 0.2) is 5.85 Å². The van der Waals surface area contributed by atoms with E-state index in [0.29, 0.717) is 0 Å². The summed E-state index contributed by atoms with van der Waals surface area (Å²) in [6.07, 6.45) is -1.40. The van der Waals surface area contributed by atoms with Crippen LogP contribution >= 0.6 is 7.44 Å². The fourth-order valence-electron chi connectivity index (χ4n) is 1.15.